The van der Waals surface area contributed by atoms with E-state index in [9.17, 15) is 4.79 Å². The topological polar surface area (TPSA) is 55.6 Å². The second-order valence-corrected chi connectivity index (χ2v) is 6.18. The number of rotatable bonds is 7. The van der Waals surface area contributed by atoms with Crippen LogP contribution in [0.2, 0.25) is 0 Å². The average molecular weight is 304 g/mol. The lowest BCUT2D eigenvalue weighted by molar-refractivity contribution is -0.133. The van der Waals surface area contributed by atoms with E-state index >= 15 is 0 Å². The number of unbranched alkanes of at least 4 members (excludes halogenated alkanes) is 1. The van der Waals surface area contributed by atoms with E-state index in [1.165, 1.54) is 5.56 Å². The Morgan fingerprint density at radius 1 is 1.27 bits per heavy atom. The molecule has 2 rings (SSSR count). The van der Waals surface area contributed by atoms with Gasteiger partial charge < -0.3 is 15.4 Å². The van der Waals surface area contributed by atoms with Crippen molar-refractivity contribution in [3.05, 3.63) is 35.9 Å². The summed E-state index contributed by atoms with van der Waals surface area (Å²) >= 11 is 0. The zero-order chi connectivity index (χ0) is 15.8. The first kappa shape index (κ1) is 17.0. The Bertz CT molecular complexity index is 444. The summed E-state index contributed by atoms with van der Waals surface area (Å²) in [6, 6.07) is 10.1. The maximum absolute atomic E-state index is 12.4. The molecule has 2 N–H and O–H groups in total. The Labute approximate surface area is 133 Å². The lowest BCUT2D eigenvalue weighted by Crippen LogP contribution is -2.48. The molecule has 0 bridgehead atoms. The highest BCUT2D eigenvalue weighted by Crippen LogP contribution is 2.18. The number of nitrogens with zero attached hydrogens (tertiary/aromatic N) is 1. The summed E-state index contributed by atoms with van der Waals surface area (Å²) in [5.41, 5.74) is 7.50. The Morgan fingerprint density at radius 2 is 1.95 bits per heavy atom. The Kier molecular flexibility index (Phi) is 6.87. The molecule has 22 heavy (non-hydrogen) atoms. The zero-order valence-electron chi connectivity index (χ0n) is 13.5. The summed E-state index contributed by atoms with van der Waals surface area (Å²) in [6.07, 6.45) is 4.96. The quantitative estimate of drug-likeness (QED) is 0.786. The molecule has 1 saturated heterocycles. The first-order chi connectivity index (χ1) is 10.7. The van der Waals surface area contributed by atoms with Gasteiger partial charge in [0.15, 0.2) is 0 Å². The third kappa shape index (κ3) is 5.11. The zero-order valence-corrected chi connectivity index (χ0v) is 13.5. The average Bonchev–Trinajstić information content (AvgIpc) is 2.59. The molecule has 1 aromatic carbocycles. The molecule has 1 unspecified atom stereocenters. The number of benzene rings is 1. The Hall–Kier alpha value is -1.39. The van der Waals surface area contributed by atoms with Gasteiger partial charge in [0.2, 0.25) is 5.91 Å². The number of ether oxygens (including phenoxy) is 1. The van der Waals surface area contributed by atoms with Crippen LogP contribution in [0.4, 0.5) is 0 Å². The highest BCUT2D eigenvalue weighted by molar-refractivity contribution is 5.81. The summed E-state index contributed by atoms with van der Waals surface area (Å²) < 4.78 is 5.33. The van der Waals surface area contributed by atoms with Crippen molar-refractivity contribution in [3.63, 3.8) is 0 Å². The van der Waals surface area contributed by atoms with Gasteiger partial charge in [0.25, 0.3) is 0 Å². The number of carbonyl (C=O) groups excluding carboxylic acids is 1. The van der Waals surface area contributed by atoms with Crippen LogP contribution in [-0.4, -0.2) is 43.7 Å². The first-order valence-electron chi connectivity index (χ1n) is 8.30. The van der Waals surface area contributed by atoms with Crippen molar-refractivity contribution < 1.29 is 9.53 Å². The van der Waals surface area contributed by atoms with Crippen molar-refractivity contribution in [1.82, 2.24) is 4.90 Å². The molecule has 1 heterocycles. The molecule has 0 spiro atoms. The molecule has 1 atom stereocenters. The van der Waals surface area contributed by atoms with Crippen LogP contribution >= 0.6 is 0 Å². The summed E-state index contributed by atoms with van der Waals surface area (Å²) in [6.45, 7) is 2.24. The first-order valence-corrected chi connectivity index (χ1v) is 8.30. The van der Waals surface area contributed by atoms with Crippen molar-refractivity contribution >= 4 is 5.91 Å². The molecule has 4 nitrogen and oxygen atoms in total. The number of likely N-dealkylation sites (N-methyl/N-ethyl adjacent to an activating group) is 1. The van der Waals surface area contributed by atoms with E-state index in [1.54, 1.807) is 4.90 Å². The number of hydrogen-bond donors (Lipinski definition) is 1. The molecular formula is C18H28N2O2. The predicted molar refractivity (Wildman–Crippen MR) is 88.5 cm³/mol. The lowest BCUT2D eigenvalue weighted by Gasteiger charge is -2.29. The second kappa shape index (κ2) is 8.91. The molecule has 1 aliphatic rings. The molecular weight excluding hydrogens is 276 g/mol. The van der Waals surface area contributed by atoms with Crippen LogP contribution in [0.25, 0.3) is 0 Å². The van der Waals surface area contributed by atoms with Gasteiger partial charge in [-0.3, -0.25) is 4.79 Å². The fraction of sp³-hybridized carbons (Fsp3) is 0.611. The van der Waals surface area contributed by atoms with Gasteiger partial charge in [-0.1, -0.05) is 30.3 Å². The van der Waals surface area contributed by atoms with Crippen LogP contribution < -0.4 is 5.73 Å². The van der Waals surface area contributed by atoms with Gasteiger partial charge in [-0.25, -0.2) is 0 Å². The van der Waals surface area contributed by atoms with Gasteiger partial charge in [0, 0.05) is 26.8 Å². The smallest absolute Gasteiger partial charge is 0.239 e. The largest absolute Gasteiger partial charge is 0.381 e. The van der Waals surface area contributed by atoms with Crippen LogP contribution in [0.15, 0.2) is 30.3 Å². The van der Waals surface area contributed by atoms with E-state index < -0.39 is 0 Å². The van der Waals surface area contributed by atoms with E-state index in [1.807, 2.05) is 13.1 Å². The van der Waals surface area contributed by atoms with Crippen LogP contribution in [0, 0.1) is 5.92 Å². The minimum Gasteiger partial charge on any atom is -0.381 e. The SMILES string of the molecule is CN(CCCCc1ccccc1)C(=O)C(N)C1CCOCC1. The molecule has 1 aliphatic heterocycles. The van der Waals surface area contributed by atoms with Crippen molar-refractivity contribution in [2.24, 2.45) is 11.7 Å². The molecule has 0 saturated carbocycles. The van der Waals surface area contributed by atoms with Crippen LogP contribution in [0.5, 0.6) is 0 Å². The van der Waals surface area contributed by atoms with Crippen LogP contribution in [0.1, 0.15) is 31.2 Å². The Balaban J connectivity index is 1.67. The van der Waals surface area contributed by atoms with Gasteiger partial charge in [-0.05, 0) is 43.6 Å². The fourth-order valence-corrected chi connectivity index (χ4v) is 2.96. The molecule has 0 aliphatic carbocycles. The highest BCUT2D eigenvalue weighted by atomic mass is 16.5. The molecule has 122 valence electrons. The maximum Gasteiger partial charge on any atom is 0.239 e. The lowest BCUT2D eigenvalue weighted by atomic mass is 9.91. The highest BCUT2D eigenvalue weighted by Gasteiger charge is 2.28. The van der Waals surface area contributed by atoms with Gasteiger partial charge >= 0.3 is 0 Å². The third-order valence-electron chi connectivity index (χ3n) is 4.49. The van der Waals surface area contributed by atoms with Gasteiger partial charge in [-0.2, -0.15) is 0 Å². The minimum atomic E-state index is -0.372. The number of amides is 1. The summed E-state index contributed by atoms with van der Waals surface area (Å²) in [4.78, 5) is 14.2. The van der Waals surface area contributed by atoms with Gasteiger partial charge in [0.05, 0.1) is 6.04 Å². The van der Waals surface area contributed by atoms with E-state index in [0.717, 1.165) is 51.9 Å². The molecule has 0 radical (unpaired) electrons. The number of hydrogen-bond acceptors (Lipinski definition) is 3. The molecule has 4 heteroatoms. The van der Waals surface area contributed by atoms with Crippen molar-refractivity contribution in [2.45, 2.75) is 38.1 Å². The molecule has 1 fully saturated rings. The maximum atomic E-state index is 12.4. The number of nitrogens with two attached hydrogens (primary N) is 1. The minimum absolute atomic E-state index is 0.0756. The summed E-state index contributed by atoms with van der Waals surface area (Å²) in [7, 11) is 1.87. The third-order valence-corrected chi connectivity index (χ3v) is 4.49. The standard InChI is InChI=1S/C18H28N2O2/c1-20(12-6-5-9-15-7-3-2-4-8-15)18(21)17(19)16-10-13-22-14-11-16/h2-4,7-8,16-17H,5-6,9-14,19H2,1H3. The van der Waals surface area contributed by atoms with Gasteiger partial charge in [0.1, 0.15) is 0 Å². The number of aryl methyl sites for hydroxylation is 1. The number of carbonyl (C=O) groups is 1. The predicted octanol–water partition coefficient (Wildman–Crippen LogP) is 2.22. The molecule has 1 amide bonds. The monoisotopic (exact) mass is 304 g/mol. The summed E-state index contributed by atoms with van der Waals surface area (Å²) in [5, 5.41) is 0. The molecule has 0 aromatic heterocycles. The van der Waals surface area contributed by atoms with E-state index in [2.05, 4.69) is 24.3 Å². The van der Waals surface area contributed by atoms with E-state index in [-0.39, 0.29) is 17.9 Å². The van der Waals surface area contributed by atoms with Crippen molar-refractivity contribution in [3.8, 4) is 0 Å². The Morgan fingerprint density at radius 3 is 2.64 bits per heavy atom. The second-order valence-electron chi connectivity index (χ2n) is 6.18. The summed E-state index contributed by atoms with van der Waals surface area (Å²) in [5.74, 6) is 0.347. The van der Waals surface area contributed by atoms with Crippen LogP contribution in [-0.2, 0) is 16.0 Å². The van der Waals surface area contributed by atoms with E-state index in [0.29, 0.717) is 0 Å². The van der Waals surface area contributed by atoms with Crippen LogP contribution in [0.3, 0.4) is 0 Å². The van der Waals surface area contributed by atoms with Gasteiger partial charge in [-0.15, -0.1) is 0 Å². The van der Waals surface area contributed by atoms with E-state index in [4.69, 9.17) is 10.5 Å². The van der Waals surface area contributed by atoms with Crippen molar-refractivity contribution in [1.29, 1.82) is 0 Å². The molecule has 1 aromatic rings. The fourth-order valence-electron chi connectivity index (χ4n) is 2.96. The van der Waals surface area contributed by atoms with Crippen molar-refractivity contribution in [2.75, 3.05) is 26.8 Å². The normalized spacial score (nSPS) is 17.2.